The van der Waals surface area contributed by atoms with Crippen LogP contribution in [0.15, 0.2) is 29.1 Å². The largest absolute Gasteiger partial charge is 0.474 e. The number of alkyl halides is 1. The summed E-state index contributed by atoms with van der Waals surface area (Å²) in [6, 6.07) is 4.81. The normalized spacial score (nSPS) is 21.3. The quantitative estimate of drug-likeness (QED) is 0.685. The number of benzene rings is 1. The summed E-state index contributed by atoms with van der Waals surface area (Å²) < 4.78 is 44.5. The van der Waals surface area contributed by atoms with Crippen LogP contribution in [0.5, 0.6) is 5.75 Å². The summed E-state index contributed by atoms with van der Waals surface area (Å²) in [5, 5.41) is 2.61. The molecule has 9 nitrogen and oxygen atoms in total. The molecule has 3 N–H and O–H groups in total. The third-order valence-electron chi connectivity index (χ3n) is 4.70. The highest BCUT2D eigenvalue weighted by atomic mass is 32.2. The number of hydrogen-bond acceptors (Lipinski definition) is 6. The zero-order valence-electron chi connectivity index (χ0n) is 15.2. The summed E-state index contributed by atoms with van der Waals surface area (Å²) >= 11 is 0. The van der Waals surface area contributed by atoms with Crippen molar-refractivity contribution in [2.75, 3.05) is 10.7 Å². The van der Waals surface area contributed by atoms with E-state index in [9.17, 15) is 22.4 Å². The van der Waals surface area contributed by atoms with Crippen molar-refractivity contribution in [3.63, 3.8) is 0 Å². The average Bonchev–Trinajstić information content (AvgIpc) is 2.67. The summed E-state index contributed by atoms with van der Waals surface area (Å²) in [7, 11) is -3.55. The number of allylic oxidation sites excluding steroid dienone is 1. The number of aromatic amines is 1. The molecule has 2 aliphatic rings. The van der Waals surface area contributed by atoms with E-state index >= 15 is 0 Å². The zero-order valence-corrected chi connectivity index (χ0v) is 16.0. The molecule has 0 saturated heterocycles. The van der Waals surface area contributed by atoms with Crippen molar-refractivity contribution in [2.45, 2.75) is 25.6 Å². The van der Waals surface area contributed by atoms with Crippen molar-refractivity contribution in [1.29, 1.82) is 0 Å². The molecule has 1 aliphatic heterocycles. The average molecular weight is 420 g/mol. The van der Waals surface area contributed by atoms with Crippen LogP contribution in [0, 0.1) is 0 Å². The number of nitrogens with zero attached hydrogens (tertiary/aromatic N) is 1. The summed E-state index contributed by atoms with van der Waals surface area (Å²) in [4.78, 5) is 31.2. The van der Waals surface area contributed by atoms with E-state index in [4.69, 9.17) is 4.74 Å². The molecule has 1 amide bonds. The van der Waals surface area contributed by atoms with Crippen LogP contribution in [-0.4, -0.2) is 36.4 Å². The molecule has 0 saturated carbocycles. The van der Waals surface area contributed by atoms with Crippen LogP contribution in [0.3, 0.4) is 0 Å². The zero-order chi connectivity index (χ0) is 20.8. The lowest BCUT2D eigenvalue weighted by Gasteiger charge is -2.20. The van der Waals surface area contributed by atoms with E-state index in [1.807, 2.05) is 0 Å². The first kappa shape index (κ1) is 19.1. The molecule has 1 aromatic heterocycles. The van der Waals surface area contributed by atoms with Gasteiger partial charge >= 0.3 is 0 Å². The number of fused-ring (bicyclic) bond motifs is 2. The van der Waals surface area contributed by atoms with E-state index in [1.54, 1.807) is 25.1 Å². The Bertz CT molecular complexity index is 1190. The van der Waals surface area contributed by atoms with E-state index in [-0.39, 0.29) is 29.3 Å². The molecule has 4 rings (SSSR count). The van der Waals surface area contributed by atoms with E-state index in [0.717, 1.165) is 0 Å². The van der Waals surface area contributed by atoms with Gasteiger partial charge in [-0.25, -0.2) is 17.8 Å². The molecule has 2 heterocycles. The maximum absolute atomic E-state index is 13.8. The topological polar surface area (TPSA) is 130 Å². The molecule has 2 atom stereocenters. The Hall–Kier alpha value is -3.21. The molecule has 0 spiro atoms. The van der Waals surface area contributed by atoms with Crippen LogP contribution in [0.25, 0.3) is 6.08 Å². The first-order valence-electron chi connectivity index (χ1n) is 8.74. The molecular weight excluding hydrogens is 403 g/mol. The van der Waals surface area contributed by atoms with Gasteiger partial charge in [0.15, 0.2) is 5.82 Å². The number of ether oxygens (including phenoxy) is 1. The van der Waals surface area contributed by atoms with Crippen LogP contribution >= 0.6 is 0 Å². The molecule has 1 aromatic carbocycles. The van der Waals surface area contributed by atoms with E-state index in [1.165, 1.54) is 12.2 Å². The maximum Gasteiger partial charge on any atom is 0.287 e. The van der Waals surface area contributed by atoms with Crippen molar-refractivity contribution < 1.29 is 22.3 Å². The SMILES string of the molecule is CC1c2c(nc(C(=O)NCc3ccc4c(c3)NS(=O)(=O)CO4)[nH]c2=O)C=CC1F. The number of H-pyrrole nitrogens is 1. The van der Waals surface area contributed by atoms with Gasteiger partial charge in [0, 0.05) is 18.0 Å². The number of anilines is 1. The van der Waals surface area contributed by atoms with E-state index in [0.29, 0.717) is 11.3 Å². The van der Waals surface area contributed by atoms with Gasteiger partial charge in [0.1, 0.15) is 11.9 Å². The van der Waals surface area contributed by atoms with Gasteiger partial charge in [-0.15, -0.1) is 0 Å². The van der Waals surface area contributed by atoms with Crippen LogP contribution in [-0.2, 0) is 16.6 Å². The van der Waals surface area contributed by atoms with Crippen molar-refractivity contribution in [3.8, 4) is 5.75 Å². The van der Waals surface area contributed by atoms with Crippen LogP contribution in [0.1, 0.15) is 40.3 Å². The first-order chi connectivity index (χ1) is 13.7. The lowest BCUT2D eigenvalue weighted by Crippen LogP contribution is -2.32. The number of carbonyl (C=O) groups is 1. The Balaban J connectivity index is 1.51. The summed E-state index contributed by atoms with van der Waals surface area (Å²) in [6.45, 7) is 1.64. The number of carbonyl (C=O) groups excluding carboxylic acids is 1. The second-order valence-electron chi connectivity index (χ2n) is 6.80. The molecule has 0 fully saturated rings. The Kier molecular flexibility index (Phi) is 4.61. The molecule has 29 heavy (non-hydrogen) atoms. The van der Waals surface area contributed by atoms with Crippen LogP contribution in [0.2, 0.25) is 0 Å². The maximum atomic E-state index is 13.8. The Labute approximate surface area is 165 Å². The molecular formula is C18H17FN4O5S. The van der Waals surface area contributed by atoms with Gasteiger partial charge in [-0.3, -0.25) is 14.3 Å². The van der Waals surface area contributed by atoms with Crippen molar-refractivity contribution >= 4 is 27.7 Å². The second-order valence-corrected chi connectivity index (χ2v) is 8.47. The van der Waals surface area contributed by atoms with Crippen molar-refractivity contribution in [1.82, 2.24) is 15.3 Å². The number of halogens is 1. The lowest BCUT2D eigenvalue weighted by atomic mass is 9.91. The lowest BCUT2D eigenvalue weighted by molar-refractivity contribution is 0.0940. The number of aromatic nitrogens is 2. The molecule has 2 aromatic rings. The predicted molar refractivity (Wildman–Crippen MR) is 103 cm³/mol. The molecule has 11 heteroatoms. The summed E-state index contributed by atoms with van der Waals surface area (Å²) in [6.07, 6.45) is 1.41. The smallest absolute Gasteiger partial charge is 0.287 e. The van der Waals surface area contributed by atoms with E-state index in [2.05, 4.69) is 20.0 Å². The predicted octanol–water partition coefficient (Wildman–Crippen LogP) is 1.26. The Morgan fingerprint density at radius 1 is 1.41 bits per heavy atom. The summed E-state index contributed by atoms with van der Waals surface area (Å²) in [5.41, 5.74) is 0.807. The van der Waals surface area contributed by atoms with Gasteiger partial charge in [0.05, 0.1) is 11.4 Å². The number of hydrogen-bond donors (Lipinski definition) is 3. The fraction of sp³-hybridized carbons (Fsp3) is 0.278. The second kappa shape index (κ2) is 6.99. The van der Waals surface area contributed by atoms with Gasteiger partial charge in [0.2, 0.25) is 5.94 Å². The molecule has 0 radical (unpaired) electrons. The standard InChI is InChI=1S/C18H17FN4O5S/c1-9-11(19)3-4-12-15(9)17(24)22-16(21-12)18(25)20-7-10-2-5-14-13(6-10)23-29(26,27)8-28-14/h2-6,9,11,23H,7-8H2,1H3,(H,20,25)(H,21,22,24). The fourth-order valence-corrected chi connectivity index (χ4v) is 4.02. The highest BCUT2D eigenvalue weighted by Crippen LogP contribution is 2.30. The minimum Gasteiger partial charge on any atom is -0.474 e. The highest BCUT2D eigenvalue weighted by Gasteiger charge is 2.27. The molecule has 2 unspecified atom stereocenters. The molecule has 152 valence electrons. The molecule has 1 aliphatic carbocycles. The van der Waals surface area contributed by atoms with Crippen molar-refractivity contribution in [3.05, 3.63) is 57.3 Å². The minimum atomic E-state index is -3.55. The minimum absolute atomic E-state index is 0.0629. The van der Waals surface area contributed by atoms with Gasteiger partial charge in [-0.2, -0.15) is 0 Å². The highest BCUT2D eigenvalue weighted by molar-refractivity contribution is 7.92. The van der Waals surface area contributed by atoms with Crippen molar-refractivity contribution in [2.24, 2.45) is 0 Å². The first-order valence-corrected chi connectivity index (χ1v) is 10.4. The number of rotatable bonds is 3. The van der Waals surface area contributed by atoms with Crippen LogP contribution < -0.4 is 20.3 Å². The fourth-order valence-electron chi connectivity index (χ4n) is 3.18. The Morgan fingerprint density at radius 2 is 2.21 bits per heavy atom. The van der Waals surface area contributed by atoms with E-state index < -0.39 is 39.5 Å². The third kappa shape index (κ3) is 3.73. The third-order valence-corrected chi connectivity index (χ3v) is 5.66. The number of sulfonamides is 1. The monoisotopic (exact) mass is 420 g/mol. The summed E-state index contributed by atoms with van der Waals surface area (Å²) in [5.74, 6) is -1.52. The van der Waals surface area contributed by atoms with Gasteiger partial charge < -0.3 is 15.0 Å². The number of amides is 1. The van der Waals surface area contributed by atoms with Gasteiger partial charge in [-0.1, -0.05) is 13.0 Å². The molecule has 0 bridgehead atoms. The Morgan fingerprint density at radius 3 is 3.00 bits per heavy atom. The van der Waals surface area contributed by atoms with Gasteiger partial charge in [0.25, 0.3) is 21.5 Å². The number of nitrogens with one attached hydrogen (secondary N) is 3. The van der Waals surface area contributed by atoms with Crippen LogP contribution in [0.4, 0.5) is 10.1 Å². The van der Waals surface area contributed by atoms with Gasteiger partial charge in [-0.05, 0) is 29.8 Å².